The Hall–Kier alpha value is -4.20. The third kappa shape index (κ3) is 8.06. The van der Waals surface area contributed by atoms with Gasteiger partial charge in [0.1, 0.15) is 23.7 Å². The molecular weight excluding hydrogens is 662 g/mol. The van der Waals surface area contributed by atoms with Crippen LogP contribution in [0.15, 0.2) is 43.1 Å². The fourth-order valence-electron chi connectivity index (χ4n) is 6.50. The fraction of sp³-hybridized carbons (Fsp3) is 0.583. The molecule has 1 aromatic carbocycles. The van der Waals surface area contributed by atoms with Crippen LogP contribution in [-0.4, -0.2) is 83.7 Å². The van der Waals surface area contributed by atoms with E-state index in [1.54, 1.807) is 6.20 Å². The van der Waals surface area contributed by atoms with E-state index in [1.807, 2.05) is 25.1 Å². The van der Waals surface area contributed by atoms with Crippen LogP contribution in [-0.2, 0) is 35.6 Å². The van der Waals surface area contributed by atoms with Crippen LogP contribution in [0.3, 0.4) is 0 Å². The smallest absolute Gasteiger partial charge is 0.407 e. The van der Waals surface area contributed by atoms with E-state index in [9.17, 15) is 27.6 Å². The number of unbranched alkanes of at least 4 members (excludes halogenated alkanes) is 1. The Balaban J connectivity index is 1.47. The molecule has 50 heavy (non-hydrogen) atoms. The summed E-state index contributed by atoms with van der Waals surface area (Å²) in [6.07, 6.45) is 6.95. The van der Waals surface area contributed by atoms with E-state index in [2.05, 4.69) is 33.0 Å². The zero-order valence-corrected chi connectivity index (χ0v) is 30.1. The molecule has 1 saturated carbocycles. The number of nitrogens with one attached hydrogen (secondary N) is 3. The molecule has 5 atom stereocenters. The summed E-state index contributed by atoms with van der Waals surface area (Å²) in [5, 5.41) is 7.27. The lowest BCUT2D eigenvalue weighted by Crippen LogP contribution is -2.59. The van der Waals surface area contributed by atoms with Crippen molar-refractivity contribution in [3.8, 4) is 5.88 Å². The van der Waals surface area contributed by atoms with Crippen LogP contribution in [0.4, 0.5) is 4.79 Å². The Morgan fingerprint density at radius 3 is 2.66 bits per heavy atom. The Morgan fingerprint density at radius 2 is 1.96 bits per heavy atom. The van der Waals surface area contributed by atoms with Gasteiger partial charge in [-0.05, 0) is 82.4 Å². The number of rotatable bonds is 8. The molecule has 3 aliphatic rings. The van der Waals surface area contributed by atoms with Crippen LogP contribution in [0.5, 0.6) is 5.88 Å². The molecule has 14 heteroatoms. The van der Waals surface area contributed by atoms with Crippen molar-refractivity contribution in [1.82, 2.24) is 25.2 Å². The molecule has 4 amide bonds. The number of carbonyl (C=O) groups excluding carboxylic acids is 4. The molecule has 0 radical (unpaired) electrons. The van der Waals surface area contributed by atoms with Crippen LogP contribution in [0.25, 0.3) is 10.8 Å². The molecule has 4 bridgehead atoms. The number of nitrogens with zero attached hydrogens (tertiary/aromatic N) is 2. The number of ether oxygens (including phenoxy) is 2. The van der Waals surface area contributed by atoms with Crippen LogP contribution in [0.1, 0.15) is 84.6 Å². The summed E-state index contributed by atoms with van der Waals surface area (Å²) in [7, 11) is -4.08. The summed E-state index contributed by atoms with van der Waals surface area (Å²) in [6, 6.07) is 5.95. The maximum atomic E-state index is 14.3. The molecule has 3 N–H and O–H groups in total. The van der Waals surface area contributed by atoms with Crippen molar-refractivity contribution in [3.63, 3.8) is 0 Å². The zero-order valence-electron chi connectivity index (χ0n) is 29.3. The number of benzene rings is 1. The molecule has 5 rings (SSSR count). The van der Waals surface area contributed by atoms with Crippen molar-refractivity contribution in [2.24, 2.45) is 5.92 Å². The standard InChI is InChI=1S/C36H49N5O8S/c1-6-8-13-28-32(43)41-22-26(20-29(41)30(42)39-36(21-25(36)7-2)33(44)40-50(46,47)35(3,4)5)49-31-27-19-23(14-15-24(27)16-17-37-31)12-10-9-11-18-48-34(45)38-28/h7,14-17,19,25-26,28-29H,2,6,8-13,18,20-22H2,1,3-5H3,(H,38,45)(H,39,42)(H,40,44)/t25-,26+,28+,29+,36-/m1/s1. The van der Waals surface area contributed by atoms with Crippen LogP contribution in [0.2, 0.25) is 0 Å². The number of alkyl carbamates (subject to hydrolysis) is 1. The number of hydrogen-bond acceptors (Lipinski definition) is 9. The topological polar surface area (TPSA) is 173 Å². The number of carbonyl (C=O) groups is 4. The highest BCUT2D eigenvalue weighted by Gasteiger charge is 2.62. The van der Waals surface area contributed by atoms with Gasteiger partial charge in [-0.25, -0.2) is 18.2 Å². The summed E-state index contributed by atoms with van der Waals surface area (Å²) in [4.78, 5) is 60.7. The first-order chi connectivity index (χ1) is 23.7. The van der Waals surface area contributed by atoms with Gasteiger partial charge < -0.3 is 25.0 Å². The van der Waals surface area contributed by atoms with Gasteiger partial charge >= 0.3 is 6.09 Å². The van der Waals surface area contributed by atoms with Gasteiger partial charge in [0.05, 0.1) is 17.9 Å². The average molecular weight is 712 g/mol. The van der Waals surface area contributed by atoms with Gasteiger partial charge in [-0.1, -0.05) is 38.0 Å². The van der Waals surface area contributed by atoms with Gasteiger partial charge in [0.15, 0.2) is 0 Å². The Labute approximate surface area is 294 Å². The largest absolute Gasteiger partial charge is 0.472 e. The van der Waals surface area contributed by atoms with E-state index in [0.29, 0.717) is 25.1 Å². The lowest BCUT2D eigenvalue weighted by Gasteiger charge is -2.30. The highest BCUT2D eigenvalue weighted by atomic mass is 32.2. The SMILES string of the molecule is C=C[C@@H]1C[C@]1(NC(=O)[C@@H]1C[C@H]2CN1C(=O)[C@H](CCCC)NC(=O)OCCCCCc1ccc3ccnc(c3c1)O2)C(=O)NS(=O)(=O)C(C)(C)C. The number of aryl methyl sites for hydroxylation is 1. The molecule has 2 aromatic rings. The minimum atomic E-state index is -4.08. The predicted molar refractivity (Wildman–Crippen MR) is 188 cm³/mol. The minimum absolute atomic E-state index is 0.0104. The second kappa shape index (κ2) is 15.0. The van der Waals surface area contributed by atoms with Crippen molar-refractivity contribution in [2.75, 3.05) is 13.2 Å². The van der Waals surface area contributed by atoms with Gasteiger partial charge in [0.2, 0.25) is 27.7 Å². The van der Waals surface area contributed by atoms with Crippen LogP contribution < -0.4 is 20.1 Å². The lowest BCUT2D eigenvalue weighted by molar-refractivity contribution is -0.141. The molecule has 0 spiro atoms. The monoisotopic (exact) mass is 711 g/mol. The first kappa shape index (κ1) is 37.1. The molecule has 272 valence electrons. The van der Waals surface area contributed by atoms with Gasteiger partial charge in [0, 0.05) is 23.9 Å². The Bertz CT molecular complexity index is 1740. The van der Waals surface area contributed by atoms with Crippen molar-refractivity contribution >= 4 is 44.6 Å². The fourth-order valence-corrected chi connectivity index (χ4v) is 7.23. The summed E-state index contributed by atoms with van der Waals surface area (Å²) in [5.41, 5.74) is -0.457. The van der Waals surface area contributed by atoms with Crippen molar-refractivity contribution in [2.45, 2.75) is 114 Å². The second-order valence-electron chi connectivity index (χ2n) is 14.5. The average Bonchev–Trinajstić information content (AvgIpc) is 3.62. The van der Waals surface area contributed by atoms with Crippen LogP contribution >= 0.6 is 0 Å². The number of fused-ring (bicyclic) bond motifs is 3. The first-order valence-electron chi connectivity index (χ1n) is 17.5. The predicted octanol–water partition coefficient (Wildman–Crippen LogP) is 3.90. The van der Waals surface area contributed by atoms with E-state index in [1.165, 1.54) is 31.7 Å². The molecule has 13 nitrogen and oxygen atoms in total. The number of hydrogen-bond donors (Lipinski definition) is 3. The number of sulfonamides is 1. The van der Waals surface area contributed by atoms with Crippen molar-refractivity contribution < 1.29 is 37.1 Å². The quantitative estimate of drug-likeness (QED) is 0.344. The summed E-state index contributed by atoms with van der Waals surface area (Å²) in [6.45, 7) is 10.3. The number of amides is 4. The summed E-state index contributed by atoms with van der Waals surface area (Å²) >= 11 is 0. The third-order valence-electron chi connectivity index (χ3n) is 9.78. The Morgan fingerprint density at radius 1 is 1.18 bits per heavy atom. The number of aromatic nitrogens is 1. The van der Waals surface area contributed by atoms with E-state index in [4.69, 9.17) is 9.47 Å². The molecular formula is C36H49N5O8S. The maximum Gasteiger partial charge on any atom is 0.407 e. The highest BCUT2D eigenvalue weighted by Crippen LogP contribution is 2.45. The van der Waals surface area contributed by atoms with Gasteiger partial charge in [-0.3, -0.25) is 19.1 Å². The van der Waals surface area contributed by atoms with Gasteiger partial charge in [-0.2, -0.15) is 0 Å². The maximum absolute atomic E-state index is 14.3. The number of cyclic esters (lactones) is 1. The van der Waals surface area contributed by atoms with E-state index < -0.39 is 68.2 Å². The van der Waals surface area contributed by atoms with Crippen LogP contribution in [0, 0.1) is 5.92 Å². The summed E-state index contributed by atoms with van der Waals surface area (Å²) < 4.78 is 38.5. The van der Waals surface area contributed by atoms with Crippen molar-refractivity contribution in [3.05, 3.63) is 48.7 Å². The van der Waals surface area contributed by atoms with Crippen molar-refractivity contribution in [1.29, 1.82) is 0 Å². The Kier molecular flexibility index (Phi) is 11.1. The molecule has 1 aromatic heterocycles. The first-order valence-corrected chi connectivity index (χ1v) is 19.0. The number of pyridine rings is 1. The van der Waals surface area contributed by atoms with Gasteiger partial charge in [-0.15, -0.1) is 6.58 Å². The lowest BCUT2D eigenvalue weighted by atomic mass is 10.0. The zero-order chi connectivity index (χ0) is 36.3. The molecule has 0 unspecified atom stereocenters. The molecule has 1 aliphatic carbocycles. The third-order valence-corrected chi connectivity index (χ3v) is 11.9. The highest BCUT2D eigenvalue weighted by molar-refractivity contribution is 7.91. The van der Waals surface area contributed by atoms with Gasteiger partial charge in [0.25, 0.3) is 5.91 Å². The molecule has 2 aliphatic heterocycles. The second-order valence-corrected chi connectivity index (χ2v) is 16.9. The van der Waals surface area contributed by atoms with E-state index in [0.717, 1.165) is 42.0 Å². The minimum Gasteiger partial charge on any atom is -0.472 e. The normalized spacial score (nSPS) is 26.2. The summed E-state index contributed by atoms with van der Waals surface area (Å²) in [5.74, 6) is -2.14. The van der Waals surface area contributed by atoms with E-state index in [-0.39, 0.29) is 26.0 Å². The molecule has 1 saturated heterocycles. The molecule has 2 fully saturated rings. The molecule has 3 heterocycles. The van der Waals surface area contributed by atoms with E-state index >= 15 is 0 Å².